The fourth-order valence-corrected chi connectivity index (χ4v) is 2.94. The van der Waals surface area contributed by atoms with Gasteiger partial charge in [0.25, 0.3) is 0 Å². The molecule has 3 aromatic carbocycles. The number of rotatable bonds is 6. The number of aryl methyl sites for hydroxylation is 1. The Labute approximate surface area is 172 Å². The van der Waals surface area contributed by atoms with Crippen molar-refractivity contribution in [1.29, 1.82) is 0 Å². The number of aliphatic carboxylic acids is 1. The summed E-state index contributed by atoms with van der Waals surface area (Å²) in [5.74, 6) is -0.523. The van der Waals surface area contributed by atoms with Crippen molar-refractivity contribution in [3.63, 3.8) is 0 Å². The number of hydrogen-bond donors (Lipinski definition) is 1. The highest BCUT2D eigenvalue weighted by atomic mass is 19.4. The van der Waals surface area contributed by atoms with E-state index in [0.717, 1.165) is 34.4 Å². The Kier molecular flexibility index (Phi) is 6.26. The maximum Gasteiger partial charge on any atom is 0.416 e. The van der Waals surface area contributed by atoms with Gasteiger partial charge in [0.1, 0.15) is 5.75 Å². The fraction of sp³-hybridized carbons (Fsp3) is 0.125. The van der Waals surface area contributed by atoms with Gasteiger partial charge in [-0.05, 0) is 65.1 Å². The minimum Gasteiger partial charge on any atom is -0.482 e. The number of carboxylic acids is 1. The summed E-state index contributed by atoms with van der Waals surface area (Å²) in [4.78, 5) is 10.6. The van der Waals surface area contributed by atoms with Crippen LogP contribution in [0.15, 0.2) is 66.7 Å². The van der Waals surface area contributed by atoms with E-state index in [0.29, 0.717) is 11.3 Å². The van der Waals surface area contributed by atoms with Gasteiger partial charge in [0.05, 0.1) is 5.56 Å². The highest BCUT2D eigenvalue weighted by molar-refractivity contribution is 5.74. The Bertz CT molecular complexity index is 1070. The molecule has 0 amide bonds. The summed E-state index contributed by atoms with van der Waals surface area (Å²) in [6.07, 6.45) is -0.546. The fourth-order valence-electron chi connectivity index (χ4n) is 2.94. The van der Waals surface area contributed by atoms with Crippen LogP contribution in [0.2, 0.25) is 0 Å². The SMILES string of the molecule is Cc1cc(/C=C/c2cccc(-c3ccc(C(F)(F)F)cc3)c2)ccc1OCC(=O)O. The highest BCUT2D eigenvalue weighted by Crippen LogP contribution is 2.31. The van der Waals surface area contributed by atoms with Crippen LogP contribution >= 0.6 is 0 Å². The van der Waals surface area contributed by atoms with Crippen molar-refractivity contribution >= 4 is 18.1 Å². The van der Waals surface area contributed by atoms with Crippen molar-refractivity contribution in [3.05, 3.63) is 89.0 Å². The Balaban J connectivity index is 1.76. The molecule has 154 valence electrons. The Hall–Kier alpha value is -3.54. The normalized spacial score (nSPS) is 11.6. The standard InChI is InChI=1S/C24H19F3O3/c1-16-13-18(7-12-22(16)30-15-23(28)29)6-5-17-3-2-4-20(14-17)19-8-10-21(11-9-19)24(25,26)27/h2-14H,15H2,1H3,(H,28,29)/b6-5+. The number of alkyl halides is 3. The second kappa shape index (κ2) is 8.86. The van der Waals surface area contributed by atoms with Gasteiger partial charge in [-0.15, -0.1) is 0 Å². The van der Waals surface area contributed by atoms with Crippen LogP contribution in [0.4, 0.5) is 13.2 Å². The largest absolute Gasteiger partial charge is 0.482 e. The lowest BCUT2D eigenvalue weighted by molar-refractivity contribution is -0.139. The van der Waals surface area contributed by atoms with Gasteiger partial charge in [0.15, 0.2) is 6.61 Å². The van der Waals surface area contributed by atoms with Gasteiger partial charge in [0, 0.05) is 0 Å². The van der Waals surface area contributed by atoms with Crippen LogP contribution in [0.5, 0.6) is 5.75 Å². The molecule has 0 aliphatic heterocycles. The van der Waals surface area contributed by atoms with E-state index in [1.807, 2.05) is 55.5 Å². The molecule has 1 N–H and O–H groups in total. The minimum atomic E-state index is -4.35. The summed E-state index contributed by atoms with van der Waals surface area (Å²) in [6.45, 7) is 1.44. The molecule has 3 aromatic rings. The molecular formula is C24H19F3O3. The molecule has 0 saturated carbocycles. The first-order valence-corrected chi connectivity index (χ1v) is 9.13. The van der Waals surface area contributed by atoms with E-state index in [1.165, 1.54) is 12.1 Å². The third kappa shape index (κ3) is 5.50. The van der Waals surface area contributed by atoms with Gasteiger partial charge >= 0.3 is 12.1 Å². The van der Waals surface area contributed by atoms with Crippen LogP contribution in [-0.2, 0) is 11.0 Å². The predicted molar refractivity (Wildman–Crippen MR) is 110 cm³/mol. The van der Waals surface area contributed by atoms with Crippen LogP contribution in [0, 0.1) is 6.92 Å². The van der Waals surface area contributed by atoms with E-state index >= 15 is 0 Å². The van der Waals surface area contributed by atoms with Crippen LogP contribution < -0.4 is 4.74 Å². The number of ether oxygens (including phenoxy) is 1. The predicted octanol–water partition coefficient (Wildman–Crippen LogP) is 6.31. The van der Waals surface area contributed by atoms with Crippen LogP contribution in [0.1, 0.15) is 22.3 Å². The van der Waals surface area contributed by atoms with Crippen molar-refractivity contribution in [1.82, 2.24) is 0 Å². The average Bonchev–Trinajstić information content (AvgIpc) is 2.71. The van der Waals surface area contributed by atoms with Gasteiger partial charge in [-0.3, -0.25) is 0 Å². The summed E-state index contributed by atoms with van der Waals surface area (Å²) in [6, 6.07) is 18.0. The maximum absolute atomic E-state index is 12.7. The zero-order valence-corrected chi connectivity index (χ0v) is 16.1. The molecule has 0 fully saturated rings. The molecular weight excluding hydrogens is 393 g/mol. The second-order valence-corrected chi connectivity index (χ2v) is 6.74. The first kappa shape index (κ1) is 21.2. The molecule has 0 aliphatic rings. The maximum atomic E-state index is 12.7. The van der Waals surface area contributed by atoms with Crippen molar-refractivity contribution < 1.29 is 27.8 Å². The van der Waals surface area contributed by atoms with Gasteiger partial charge in [-0.2, -0.15) is 13.2 Å². The lowest BCUT2D eigenvalue weighted by Crippen LogP contribution is -2.10. The lowest BCUT2D eigenvalue weighted by atomic mass is 10.0. The molecule has 3 nitrogen and oxygen atoms in total. The van der Waals surface area contributed by atoms with Crippen molar-refractivity contribution in [2.45, 2.75) is 13.1 Å². The van der Waals surface area contributed by atoms with Crippen molar-refractivity contribution in [3.8, 4) is 16.9 Å². The smallest absolute Gasteiger partial charge is 0.416 e. The van der Waals surface area contributed by atoms with E-state index < -0.39 is 24.3 Å². The summed E-state index contributed by atoms with van der Waals surface area (Å²) in [7, 11) is 0. The molecule has 0 heterocycles. The van der Waals surface area contributed by atoms with E-state index in [-0.39, 0.29) is 0 Å². The zero-order chi connectivity index (χ0) is 21.7. The highest BCUT2D eigenvalue weighted by Gasteiger charge is 2.29. The van der Waals surface area contributed by atoms with Crippen molar-refractivity contribution in [2.75, 3.05) is 6.61 Å². The number of halogens is 3. The third-order valence-corrected chi connectivity index (χ3v) is 4.45. The van der Waals surface area contributed by atoms with Crippen LogP contribution in [-0.4, -0.2) is 17.7 Å². The average molecular weight is 412 g/mol. The van der Waals surface area contributed by atoms with Crippen LogP contribution in [0.3, 0.4) is 0 Å². The quantitative estimate of drug-likeness (QED) is 0.482. The molecule has 0 aromatic heterocycles. The monoisotopic (exact) mass is 412 g/mol. The van der Waals surface area contributed by atoms with Gasteiger partial charge in [-0.1, -0.05) is 48.6 Å². The first-order valence-electron chi connectivity index (χ1n) is 9.13. The summed E-state index contributed by atoms with van der Waals surface area (Å²) < 4.78 is 43.4. The number of benzene rings is 3. The number of carboxylic acid groups (broad SMARTS) is 1. The van der Waals surface area contributed by atoms with Gasteiger partial charge in [-0.25, -0.2) is 4.79 Å². The van der Waals surface area contributed by atoms with Gasteiger partial charge < -0.3 is 9.84 Å². The summed E-state index contributed by atoms with van der Waals surface area (Å²) in [5, 5.41) is 8.70. The molecule has 0 radical (unpaired) electrons. The Morgan fingerprint density at radius 1 is 0.933 bits per heavy atom. The molecule has 0 bridgehead atoms. The Morgan fingerprint density at radius 3 is 2.20 bits per heavy atom. The summed E-state index contributed by atoms with van der Waals surface area (Å²) in [5.41, 5.74) is 3.48. The van der Waals surface area contributed by atoms with E-state index in [9.17, 15) is 18.0 Å². The number of hydrogen-bond acceptors (Lipinski definition) is 2. The molecule has 0 atom stereocenters. The van der Waals surface area contributed by atoms with E-state index in [2.05, 4.69) is 0 Å². The molecule has 30 heavy (non-hydrogen) atoms. The van der Waals surface area contributed by atoms with Gasteiger partial charge in [0.2, 0.25) is 0 Å². The Morgan fingerprint density at radius 2 is 1.60 bits per heavy atom. The molecule has 3 rings (SSSR count). The first-order chi connectivity index (χ1) is 14.2. The van der Waals surface area contributed by atoms with Crippen molar-refractivity contribution in [2.24, 2.45) is 0 Å². The third-order valence-electron chi connectivity index (χ3n) is 4.45. The molecule has 0 aliphatic carbocycles. The zero-order valence-electron chi connectivity index (χ0n) is 16.1. The molecule has 0 unspecified atom stereocenters. The molecule has 0 spiro atoms. The number of carbonyl (C=O) groups is 1. The summed E-state index contributed by atoms with van der Waals surface area (Å²) >= 11 is 0. The van der Waals surface area contributed by atoms with E-state index in [4.69, 9.17) is 9.84 Å². The molecule has 0 saturated heterocycles. The van der Waals surface area contributed by atoms with Crippen LogP contribution in [0.25, 0.3) is 23.3 Å². The topological polar surface area (TPSA) is 46.5 Å². The lowest BCUT2D eigenvalue weighted by Gasteiger charge is -2.08. The minimum absolute atomic E-state index is 0.396. The molecule has 6 heteroatoms. The second-order valence-electron chi connectivity index (χ2n) is 6.74. The van der Waals surface area contributed by atoms with E-state index in [1.54, 1.807) is 6.07 Å².